The summed E-state index contributed by atoms with van der Waals surface area (Å²) in [7, 11) is 4.61. The molecule has 2 N–H and O–H groups in total. The Balaban J connectivity index is 2.12. The van der Waals surface area contributed by atoms with E-state index in [-0.39, 0.29) is 11.6 Å². The van der Waals surface area contributed by atoms with Gasteiger partial charge in [-0.3, -0.25) is 4.79 Å². The zero-order valence-electron chi connectivity index (χ0n) is 14.1. The predicted molar refractivity (Wildman–Crippen MR) is 94.1 cm³/mol. The van der Waals surface area contributed by atoms with Gasteiger partial charge >= 0.3 is 0 Å². The van der Waals surface area contributed by atoms with E-state index in [0.717, 1.165) is 0 Å². The maximum atomic E-state index is 11.9. The van der Waals surface area contributed by atoms with Gasteiger partial charge in [-0.25, -0.2) is 0 Å². The molecule has 0 radical (unpaired) electrons. The van der Waals surface area contributed by atoms with Crippen LogP contribution in [0.4, 0.5) is 11.5 Å². The first kappa shape index (κ1) is 18.8. The molecule has 0 saturated heterocycles. The number of nitrogens with zero attached hydrogens (tertiary/aromatic N) is 2. The number of aromatic nitrogens is 2. The molecule has 0 aliphatic carbocycles. The lowest BCUT2D eigenvalue weighted by atomic mass is 10.2. The van der Waals surface area contributed by atoms with Crippen molar-refractivity contribution in [3.63, 3.8) is 0 Å². The molecule has 1 amide bonds. The molecular weight excluding hydrogens is 348 g/mol. The summed E-state index contributed by atoms with van der Waals surface area (Å²) < 4.78 is 15.4. The maximum Gasteiger partial charge on any atom is 0.271 e. The van der Waals surface area contributed by atoms with Crippen LogP contribution in [0.25, 0.3) is 0 Å². The Kier molecular flexibility index (Phi) is 6.79. The van der Waals surface area contributed by atoms with Crippen molar-refractivity contribution in [2.75, 3.05) is 39.8 Å². The molecule has 0 fully saturated rings. The number of carbonyl (C=O) groups excluding carboxylic acids is 1. The standard InChI is InChI=1S/C16H19ClN4O4/c1-23-7-6-18-16(22)11-4-5-15(21-20-11)19-12-9-13(24-2)10(17)8-14(12)25-3/h4-5,8-9H,6-7H2,1-3H3,(H,18,22)(H,19,21). The summed E-state index contributed by atoms with van der Waals surface area (Å²) in [4.78, 5) is 11.9. The predicted octanol–water partition coefficient (Wildman–Crippen LogP) is 2.27. The third-order valence-electron chi connectivity index (χ3n) is 3.23. The van der Waals surface area contributed by atoms with E-state index in [4.69, 9.17) is 25.8 Å². The second-order valence-corrected chi connectivity index (χ2v) is 5.27. The summed E-state index contributed by atoms with van der Waals surface area (Å²) >= 11 is 6.08. The van der Waals surface area contributed by atoms with E-state index in [9.17, 15) is 4.79 Å². The number of hydrogen-bond acceptors (Lipinski definition) is 7. The Bertz CT molecular complexity index is 725. The summed E-state index contributed by atoms with van der Waals surface area (Å²) in [5.74, 6) is 1.14. The molecule has 25 heavy (non-hydrogen) atoms. The largest absolute Gasteiger partial charge is 0.495 e. The highest BCUT2D eigenvalue weighted by Gasteiger charge is 2.12. The first-order valence-electron chi connectivity index (χ1n) is 7.38. The van der Waals surface area contributed by atoms with Crippen molar-refractivity contribution in [1.29, 1.82) is 0 Å². The molecule has 2 rings (SSSR count). The molecule has 0 aliphatic heterocycles. The second-order valence-electron chi connectivity index (χ2n) is 4.86. The number of amides is 1. The van der Waals surface area contributed by atoms with Crippen molar-refractivity contribution in [3.05, 3.63) is 35.0 Å². The first-order valence-corrected chi connectivity index (χ1v) is 7.76. The lowest BCUT2D eigenvalue weighted by Crippen LogP contribution is -2.27. The molecule has 0 aliphatic rings. The molecule has 1 aromatic heterocycles. The number of benzene rings is 1. The highest BCUT2D eigenvalue weighted by atomic mass is 35.5. The molecule has 0 bridgehead atoms. The zero-order valence-corrected chi connectivity index (χ0v) is 14.9. The lowest BCUT2D eigenvalue weighted by molar-refractivity contribution is 0.0931. The van der Waals surface area contributed by atoms with Gasteiger partial charge in [-0.1, -0.05) is 11.6 Å². The molecule has 0 unspecified atom stereocenters. The van der Waals surface area contributed by atoms with Gasteiger partial charge in [0.15, 0.2) is 11.5 Å². The molecule has 0 spiro atoms. The highest BCUT2D eigenvalue weighted by Crippen LogP contribution is 2.36. The van der Waals surface area contributed by atoms with Crippen LogP contribution in [-0.2, 0) is 4.74 Å². The fraction of sp³-hybridized carbons (Fsp3) is 0.312. The molecule has 8 nitrogen and oxygen atoms in total. The van der Waals surface area contributed by atoms with Crippen LogP contribution in [0.15, 0.2) is 24.3 Å². The molecular formula is C16H19ClN4O4. The summed E-state index contributed by atoms with van der Waals surface area (Å²) in [5.41, 5.74) is 0.817. The number of rotatable bonds is 8. The minimum atomic E-state index is -0.318. The van der Waals surface area contributed by atoms with E-state index >= 15 is 0 Å². The summed E-state index contributed by atoms with van der Waals surface area (Å²) in [6, 6.07) is 6.53. The molecule has 9 heteroatoms. The molecule has 1 heterocycles. The average molecular weight is 367 g/mol. The average Bonchev–Trinajstić information content (AvgIpc) is 2.63. The molecule has 1 aromatic carbocycles. The van der Waals surface area contributed by atoms with Crippen LogP contribution < -0.4 is 20.1 Å². The van der Waals surface area contributed by atoms with Gasteiger partial charge in [0, 0.05) is 25.8 Å². The third kappa shape index (κ3) is 4.94. The van der Waals surface area contributed by atoms with Crippen molar-refractivity contribution >= 4 is 29.0 Å². The Hall–Kier alpha value is -2.58. The monoisotopic (exact) mass is 366 g/mol. The van der Waals surface area contributed by atoms with Crippen LogP contribution in [0.5, 0.6) is 11.5 Å². The van der Waals surface area contributed by atoms with Crippen LogP contribution in [0, 0.1) is 0 Å². The third-order valence-corrected chi connectivity index (χ3v) is 3.52. The Labute approximate surface area is 150 Å². The Morgan fingerprint density at radius 3 is 2.48 bits per heavy atom. The van der Waals surface area contributed by atoms with Gasteiger partial charge in [0.2, 0.25) is 0 Å². The quantitative estimate of drug-likeness (QED) is 0.692. The van der Waals surface area contributed by atoms with Crippen LogP contribution in [0.2, 0.25) is 5.02 Å². The van der Waals surface area contributed by atoms with Gasteiger partial charge in [-0.2, -0.15) is 0 Å². The molecule has 0 atom stereocenters. The van der Waals surface area contributed by atoms with Gasteiger partial charge in [0.25, 0.3) is 5.91 Å². The number of ether oxygens (including phenoxy) is 3. The minimum absolute atomic E-state index is 0.210. The van der Waals surface area contributed by atoms with Crippen molar-refractivity contribution in [2.24, 2.45) is 0 Å². The van der Waals surface area contributed by atoms with Gasteiger partial charge in [-0.05, 0) is 12.1 Å². The molecule has 0 saturated carbocycles. The number of halogens is 1. The fourth-order valence-corrected chi connectivity index (χ4v) is 2.20. The van der Waals surface area contributed by atoms with Gasteiger partial charge in [0.05, 0.1) is 31.5 Å². The topological polar surface area (TPSA) is 94.6 Å². The van der Waals surface area contributed by atoms with Gasteiger partial charge < -0.3 is 24.8 Å². The van der Waals surface area contributed by atoms with Crippen LogP contribution in [0.3, 0.4) is 0 Å². The number of nitrogens with one attached hydrogen (secondary N) is 2. The van der Waals surface area contributed by atoms with E-state index in [1.807, 2.05) is 0 Å². The summed E-state index contributed by atoms with van der Waals surface area (Å²) in [6.45, 7) is 0.829. The number of carbonyl (C=O) groups is 1. The first-order chi connectivity index (χ1) is 12.1. The minimum Gasteiger partial charge on any atom is -0.495 e. The van der Waals surface area contributed by atoms with Crippen LogP contribution in [-0.4, -0.2) is 50.6 Å². The van der Waals surface area contributed by atoms with Crippen molar-refractivity contribution in [2.45, 2.75) is 0 Å². The number of methoxy groups -OCH3 is 3. The van der Waals surface area contributed by atoms with Crippen molar-refractivity contribution < 1.29 is 19.0 Å². The molecule has 2 aromatic rings. The van der Waals surface area contributed by atoms with Crippen molar-refractivity contribution in [3.8, 4) is 11.5 Å². The SMILES string of the molecule is COCCNC(=O)c1ccc(Nc2cc(OC)c(Cl)cc2OC)nn1. The second kappa shape index (κ2) is 9.05. The van der Waals surface area contributed by atoms with E-state index in [1.165, 1.54) is 14.2 Å². The smallest absolute Gasteiger partial charge is 0.271 e. The van der Waals surface area contributed by atoms with Crippen LogP contribution >= 0.6 is 11.6 Å². The van der Waals surface area contributed by atoms with Crippen LogP contribution in [0.1, 0.15) is 10.5 Å². The number of anilines is 2. The Morgan fingerprint density at radius 1 is 1.12 bits per heavy atom. The van der Waals surface area contributed by atoms with E-state index in [1.54, 1.807) is 31.4 Å². The fourth-order valence-electron chi connectivity index (χ4n) is 1.97. The van der Waals surface area contributed by atoms with E-state index in [0.29, 0.717) is 41.2 Å². The Morgan fingerprint density at radius 2 is 1.88 bits per heavy atom. The molecule has 134 valence electrons. The summed E-state index contributed by atoms with van der Waals surface area (Å²) in [5, 5.41) is 14.1. The summed E-state index contributed by atoms with van der Waals surface area (Å²) in [6.07, 6.45) is 0. The highest BCUT2D eigenvalue weighted by molar-refractivity contribution is 6.32. The van der Waals surface area contributed by atoms with Crippen molar-refractivity contribution in [1.82, 2.24) is 15.5 Å². The normalized spacial score (nSPS) is 10.2. The van der Waals surface area contributed by atoms with Gasteiger partial charge in [-0.15, -0.1) is 10.2 Å². The van der Waals surface area contributed by atoms with E-state index < -0.39 is 0 Å². The lowest BCUT2D eigenvalue weighted by Gasteiger charge is -2.13. The maximum absolute atomic E-state index is 11.9. The van der Waals surface area contributed by atoms with Gasteiger partial charge in [0.1, 0.15) is 11.5 Å². The zero-order chi connectivity index (χ0) is 18.2. The van der Waals surface area contributed by atoms with E-state index in [2.05, 4.69) is 20.8 Å². The number of hydrogen-bond donors (Lipinski definition) is 2.